The molecule has 2 rings (SSSR count). The van der Waals surface area contributed by atoms with Gasteiger partial charge in [0.25, 0.3) is 0 Å². The van der Waals surface area contributed by atoms with Gasteiger partial charge in [0.1, 0.15) is 29.7 Å². The topological polar surface area (TPSA) is 44.5 Å². The molecule has 0 atom stereocenters. The van der Waals surface area contributed by atoms with Gasteiger partial charge in [0.05, 0.1) is 5.02 Å². The van der Waals surface area contributed by atoms with Gasteiger partial charge in [0, 0.05) is 10.6 Å². The van der Waals surface area contributed by atoms with Crippen LogP contribution in [-0.2, 0) is 0 Å². The van der Waals surface area contributed by atoms with Gasteiger partial charge in [-0.3, -0.25) is 0 Å². The summed E-state index contributed by atoms with van der Waals surface area (Å²) in [5, 5.41) is 1.05. The summed E-state index contributed by atoms with van der Waals surface area (Å²) < 4.78 is 11.1. The summed E-state index contributed by atoms with van der Waals surface area (Å²) in [6.07, 6.45) is 0. The first-order valence-electron chi connectivity index (χ1n) is 6.17. The van der Waals surface area contributed by atoms with Gasteiger partial charge in [-0.1, -0.05) is 35.4 Å². The number of nitrogens with two attached hydrogens (primary N) is 1. The van der Waals surface area contributed by atoms with Crippen LogP contribution in [0.4, 0.5) is 0 Å². The highest BCUT2D eigenvalue weighted by atomic mass is 35.5. The molecule has 2 aromatic carbocycles. The van der Waals surface area contributed by atoms with Crippen LogP contribution in [0.3, 0.4) is 0 Å². The SMILES string of the molecule is NC(=S)c1ccc(OCCOc2ccc(Cl)cc2Cl)cc1. The minimum Gasteiger partial charge on any atom is -0.490 e. The molecule has 6 heteroatoms. The van der Waals surface area contributed by atoms with Crippen molar-refractivity contribution in [2.75, 3.05) is 13.2 Å². The third-order valence-corrected chi connectivity index (χ3v) is 3.41. The summed E-state index contributed by atoms with van der Waals surface area (Å²) in [6.45, 7) is 0.768. The maximum atomic E-state index is 6.00. The van der Waals surface area contributed by atoms with Crippen LogP contribution >= 0.6 is 35.4 Å². The molecule has 0 radical (unpaired) electrons. The zero-order chi connectivity index (χ0) is 15.2. The van der Waals surface area contributed by atoms with E-state index in [-0.39, 0.29) is 0 Å². The molecule has 0 saturated heterocycles. The molecule has 0 saturated carbocycles. The average molecular weight is 342 g/mol. The van der Waals surface area contributed by atoms with Gasteiger partial charge in [-0.15, -0.1) is 0 Å². The first kappa shape index (κ1) is 15.9. The molecule has 0 amide bonds. The van der Waals surface area contributed by atoms with E-state index in [1.165, 1.54) is 0 Å². The highest BCUT2D eigenvalue weighted by Crippen LogP contribution is 2.27. The molecule has 21 heavy (non-hydrogen) atoms. The number of benzene rings is 2. The third kappa shape index (κ3) is 4.77. The summed E-state index contributed by atoms with van der Waals surface area (Å²) in [5.41, 5.74) is 6.33. The van der Waals surface area contributed by atoms with Crippen LogP contribution in [0.1, 0.15) is 5.56 Å². The molecule has 0 aliphatic carbocycles. The number of halogens is 2. The fourth-order valence-electron chi connectivity index (χ4n) is 1.62. The monoisotopic (exact) mass is 341 g/mol. The van der Waals surface area contributed by atoms with Gasteiger partial charge in [-0.25, -0.2) is 0 Å². The molecule has 0 aliphatic rings. The van der Waals surface area contributed by atoms with Gasteiger partial charge in [0.15, 0.2) is 0 Å². The molecule has 110 valence electrons. The lowest BCUT2D eigenvalue weighted by Crippen LogP contribution is -2.10. The number of hydrogen-bond donors (Lipinski definition) is 1. The van der Waals surface area contributed by atoms with Crippen LogP contribution in [0.2, 0.25) is 10.0 Å². The van der Waals surface area contributed by atoms with E-state index in [0.29, 0.717) is 34.0 Å². The standard InChI is InChI=1S/C15H13Cl2NO2S/c16-11-3-6-14(13(17)9-11)20-8-7-19-12-4-1-10(2-5-12)15(18)21/h1-6,9H,7-8H2,(H2,18,21). The summed E-state index contributed by atoms with van der Waals surface area (Å²) in [6, 6.07) is 12.3. The van der Waals surface area contributed by atoms with Gasteiger partial charge in [-0.2, -0.15) is 0 Å². The average Bonchev–Trinajstić information content (AvgIpc) is 2.46. The Balaban J connectivity index is 1.80. The Bertz CT molecular complexity index is 632. The summed E-state index contributed by atoms with van der Waals surface area (Å²) in [4.78, 5) is 0.363. The summed E-state index contributed by atoms with van der Waals surface area (Å²) in [7, 11) is 0. The van der Waals surface area contributed by atoms with Crippen LogP contribution in [0.15, 0.2) is 42.5 Å². The molecule has 2 aromatic rings. The molecule has 0 fully saturated rings. The summed E-state index contributed by atoms with van der Waals surface area (Å²) in [5.74, 6) is 1.30. The van der Waals surface area contributed by atoms with Crippen molar-refractivity contribution in [2.24, 2.45) is 5.73 Å². The second-order valence-corrected chi connectivity index (χ2v) is 5.44. The van der Waals surface area contributed by atoms with Gasteiger partial charge in [-0.05, 0) is 42.5 Å². The molecule has 0 unspecified atom stereocenters. The number of rotatable bonds is 6. The fourth-order valence-corrected chi connectivity index (χ4v) is 2.22. The van der Waals surface area contributed by atoms with Crippen LogP contribution in [0.25, 0.3) is 0 Å². The maximum Gasteiger partial charge on any atom is 0.138 e. The van der Waals surface area contributed by atoms with E-state index >= 15 is 0 Å². The number of hydrogen-bond acceptors (Lipinski definition) is 3. The molecule has 0 aromatic heterocycles. The Morgan fingerprint density at radius 1 is 1.00 bits per heavy atom. The van der Waals surface area contributed by atoms with Crippen molar-refractivity contribution >= 4 is 40.4 Å². The molecule has 3 nitrogen and oxygen atoms in total. The van der Waals surface area contributed by atoms with E-state index in [1.54, 1.807) is 18.2 Å². The Morgan fingerprint density at radius 3 is 2.29 bits per heavy atom. The van der Waals surface area contributed by atoms with Crippen LogP contribution in [-0.4, -0.2) is 18.2 Å². The van der Waals surface area contributed by atoms with Crippen molar-refractivity contribution in [3.63, 3.8) is 0 Å². The molecule has 0 spiro atoms. The van der Waals surface area contributed by atoms with E-state index in [9.17, 15) is 0 Å². The van der Waals surface area contributed by atoms with Crippen molar-refractivity contribution in [3.8, 4) is 11.5 Å². The minimum absolute atomic E-state index is 0.363. The lowest BCUT2D eigenvalue weighted by Gasteiger charge is -2.10. The van der Waals surface area contributed by atoms with Gasteiger partial charge >= 0.3 is 0 Å². The lowest BCUT2D eigenvalue weighted by molar-refractivity contribution is 0.217. The molecule has 2 N–H and O–H groups in total. The summed E-state index contributed by atoms with van der Waals surface area (Å²) >= 11 is 16.7. The van der Waals surface area contributed by atoms with E-state index < -0.39 is 0 Å². The van der Waals surface area contributed by atoms with Crippen molar-refractivity contribution in [1.29, 1.82) is 0 Å². The van der Waals surface area contributed by atoms with Gasteiger partial charge in [0.2, 0.25) is 0 Å². The molecule has 0 bridgehead atoms. The van der Waals surface area contributed by atoms with Crippen molar-refractivity contribution in [1.82, 2.24) is 0 Å². The zero-order valence-electron chi connectivity index (χ0n) is 11.0. The predicted molar refractivity (Wildman–Crippen MR) is 89.8 cm³/mol. The Morgan fingerprint density at radius 2 is 1.67 bits per heavy atom. The largest absolute Gasteiger partial charge is 0.490 e. The Hall–Kier alpha value is -1.49. The molecular weight excluding hydrogens is 329 g/mol. The Labute approximate surface area is 138 Å². The first-order valence-corrected chi connectivity index (χ1v) is 7.33. The van der Waals surface area contributed by atoms with Crippen LogP contribution in [0, 0.1) is 0 Å². The molecule has 0 heterocycles. The smallest absolute Gasteiger partial charge is 0.138 e. The highest BCUT2D eigenvalue weighted by Gasteiger charge is 2.02. The van der Waals surface area contributed by atoms with Crippen molar-refractivity contribution in [2.45, 2.75) is 0 Å². The fraction of sp³-hybridized carbons (Fsp3) is 0.133. The highest BCUT2D eigenvalue weighted by molar-refractivity contribution is 7.80. The maximum absolute atomic E-state index is 6.00. The van der Waals surface area contributed by atoms with E-state index in [2.05, 4.69) is 0 Å². The zero-order valence-corrected chi connectivity index (χ0v) is 13.3. The lowest BCUT2D eigenvalue weighted by atomic mass is 10.2. The molecular formula is C15H13Cl2NO2S. The second-order valence-electron chi connectivity index (χ2n) is 4.16. The number of thiocarbonyl (C=S) groups is 1. The van der Waals surface area contributed by atoms with E-state index in [4.69, 9.17) is 50.6 Å². The van der Waals surface area contributed by atoms with Crippen molar-refractivity contribution < 1.29 is 9.47 Å². The number of ether oxygens (including phenoxy) is 2. The normalized spacial score (nSPS) is 10.2. The molecule has 0 aliphatic heterocycles. The second kappa shape index (κ2) is 7.50. The third-order valence-electron chi connectivity index (χ3n) is 2.64. The van der Waals surface area contributed by atoms with Gasteiger partial charge < -0.3 is 15.2 Å². The quantitative estimate of drug-likeness (QED) is 0.634. The van der Waals surface area contributed by atoms with Crippen LogP contribution in [0.5, 0.6) is 11.5 Å². The predicted octanol–water partition coefficient (Wildman–Crippen LogP) is 4.09. The van der Waals surface area contributed by atoms with E-state index in [0.717, 1.165) is 11.3 Å². The van der Waals surface area contributed by atoms with E-state index in [1.807, 2.05) is 24.3 Å². The van der Waals surface area contributed by atoms with Crippen molar-refractivity contribution in [3.05, 3.63) is 58.1 Å². The minimum atomic E-state index is 0.363. The first-order chi connectivity index (χ1) is 10.1. The Kier molecular flexibility index (Phi) is 5.67. The van der Waals surface area contributed by atoms with Crippen LogP contribution < -0.4 is 15.2 Å².